The lowest BCUT2D eigenvalue weighted by Gasteiger charge is -2.25. The predicted octanol–water partition coefficient (Wildman–Crippen LogP) is 3.95. The van der Waals surface area contributed by atoms with Crippen LogP contribution in [0.2, 0.25) is 0 Å². The molecule has 1 N–H and O–H groups in total. The first-order valence-corrected chi connectivity index (χ1v) is 6.74. The summed E-state index contributed by atoms with van der Waals surface area (Å²) in [5.41, 5.74) is 2.29. The van der Waals surface area contributed by atoms with E-state index in [2.05, 4.69) is 0 Å². The molecule has 3 heteroatoms. The van der Waals surface area contributed by atoms with Crippen LogP contribution in [0.4, 0.5) is 4.39 Å². The van der Waals surface area contributed by atoms with Gasteiger partial charge in [0, 0.05) is 6.61 Å². The Morgan fingerprint density at radius 3 is 2.50 bits per heavy atom. The fraction of sp³-hybridized carbons (Fsp3) is 0.294. The number of aliphatic hydroxyl groups excluding tert-OH is 1. The molecule has 0 bridgehead atoms. The molecule has 0 aliphatic rings. The van der Waals surface area contributed by atoms with Crippen LogP contribution < -0.4 is 0 Å². The standard InChI is InChI=1S/C17H19FO2/c1-3-20-17(13-7-5-4-6-8-13)16(19)15-11-14(18)10-9-12(15)2/h4-11,16-17,19H,3H2,1-2H3. The van der Waals surface area contributed by atoms with Gasteiger partial charge >= 0.3 is 0 Å². The Morgan fingerprint density at radius 1 is 1.15 bits per heavy atom. The molecule has 0 spiro atoms. The lowest BCUT2D eigenvalue weighted by molar-refractivity contribution is -0.0365. The first-order chi connectivity index (χ1) is 9.63. The SMILES string of the molecule is CCOC(c1ccccc1)C(O)c1cc(F)ccc1C. The van der Waals surface area contributed by atoms with Crippen molar-refractivity contribution in [2.75, 3.05) is 6.61 Å². The third-order valence-corrected chi connectivity index (χ3v) is 3.32. The molecule has 0 aliphatic heterocycles. The van der Waals surface area contributed by atoms with Crippen LogP contribution in [0.15, 0.2) is 48.5 Å². The van der Waals surface area contributed by atoms with E-state index < -0.39 is 12.2 Å². The molecule has 2 nitrogen and oxygen atoms in total. The van der Waals surface area contributed by atoms with E-state index in [1.807, 2.05) is 44.2 Å². The predicted molar refractivity (Wildman–Crippen MR) is 76.9 cm³/mol. The summed E-state index contributed by atoms with van der Waals surface area (Å²) in [5.74, 6) is -0.354. The number of ether oxygens (including phenoxy) is 1. The van der Waals surface area contributed by atoms with Crippen LogP contribution in [0, 0.1) is 12.7 Å². The van der Waals surface area contributed by atoms with Gasteiger partial charge in [-0.1, -0.05) is 36.4 Å². The Hall–Kier alpha value is -1.71. The average molecular weight is 274 g/mol. The van der Waals surface area contributed by atoms with Gasteiger partial charge in [0.15, 0.2) is 0 Å². The third-order valence-electron chi connectivity index (χ3n) is 3.32. The highest BCUT2D eigenvalue weighted by Crippen LogP contribution is 2.33. The maximum Gasteiger partial charge on any atom is 0.123 e. The summed E-state index contributed by atoms with van der Waals surface area (Å²) in [6.07, 6.45) is -1.39. The second kappa shape index (κ2) is 6.64. The fourth-order valence-electron chi connectivity index (χ4n) is 2.29. The number of rotatable bonds is 5. The third kappa shape index (κ3) is 3.24. The molecule has 0 amide bonds. The Morgan fingerprint density at radius 2 is 1.85 bits per heavy atom. The summed E-state index contributed by atoms with van der Waals surface area (Å²) in [6, 6.07) is 13.9. The molecule has 2 aromatic carbocycles. The van der Waals surface area contributed by atoms with Crippen LogP contribution in [0.3, 0.4) is 0 Å². The van der Waals surface area contributed by atoms with Gasteiger partial charge in [-0.05, 0) is 42.7 Å². The van der Waals surface area contributed by atoms with Gasteiger partial charge < -0.3 is 9.84 Å². The highest BCUT2D eigenvalue weighted by molar-refractivity contribution is 5.31. The molecule has 0 aromatic heterocycles. The zero-order chi connectivity index (χ0) is 14.5. The lowest BCUT2D eigenvalue weighted by Crippen LogP contribution is -2.15. The number of halogens is 1. The van der Waals surface area contributed by atoms with E-state index in [0.29, 0.717) is 12.2 Å². The van der Waals surface area contributed by atoms with Crippen LogP contribution in [-0.4, -0.2) is 11.7 Å². The molecular formula is C17H19FO2. The van der Waals surface area contributed by atoms with E-state index in [1.54, 1.807) is 6.07 Å². The fourth-order valence-corrected chi connectivity index (χ4v) is 2.29. The zero-order valence-electron chi connectivity index (χ0n) is 11.7. The zero-order valence-corrected chi connectivity index (χ0v) is 11.7. The van der Waals surface area contributed by atoms with Crippen molar-refractivity contribution in [1.29, 1.82) is 0 Å². The number of hydrogen-bond donors (Lipinski definition) is 1. The van der Waals surface area contributed by atoms with E-state index in [9.17, 15) is 9.50 Å². The summed E-state index contributed by atoms with van der Waals surface area (Å²) in [7, 11) is 0. The van der Waals surface area contributed by atoms with Crippen molar-refractivity contribution in [2.24, 2.45) is 0 Å². The molecule has 0 heterocycles. The van der Waals surface area contributed by atoms with Crippen LogP contribution >= 0.6 is 0 Å². The first-order valence-electron chi connectivity index (χ1n) is 6.74. The van der Waals surface area contributed by atoms with Gasteiger partial charge in [-0.3, -0.25) is 0 Å². The van der Waals surface area contributed by atoms with E-state index in [4.69, 9.17) is 4.74 Å². The maximum absolute atomic E-state index is 13.4. The maximum atomic E-state index is 13.4. The van der Waals surface area contributed by atoms with Gasteiger partial charge in [-0.2, -0.15) is 0 Å². The van der Waals surface area contributed by atoms with E-state index in [0.717, 1.165) is 11.1 Å². The van der Waals surface area contributed by atoms with Crippen molar-refractivity contribution < 1.29 is 14.2 Å². The smallest absolute Gasteiger partial charge is 0.123 e. The van der Waals surface area contributed by atoms with E-state index in [1.165, 1.54) is 12.1 Å². The molecule has 2 rings (SSSR count). The summed E-state index contributed by atoms with van der Waals surface area (Å²) < 4.78 is 19.1. The molecule has 0 saturated carbocycles. The number of aliphatic hydroxyl groups is 1. The number of benzene rings is 2. The highest BCUT2D eigenvalue weighted by Gasteiger charge is 2.24. The van der Waals surface area contributed by atoms with Crippen molar-refractivity contribution in [2.45, 2.75) is 26.1 Å². The molecule has 0 fully saturated rings. The monoisotopic (exact) mass is 274 g/mol. The molecule has 2 atom stereocenters. The molecular weight excluding hydrogens is 255 g/mol. The second-order valence-electron chi connectivity index (χ2n) is 4.73. The van der Waals surface area contributed by atoms with Crippen molar-refractivity contribution in [3.63, 3.8) is 0 Å². The first kappa shape index (κ1) is 14.7. The van der Waals surface area contributed by atoms with Crippen molar-refractivity contribution in [3.05, 3.63) is 71.0 Å². The quantitative estimate of drug-likeness (QED) is 0.894. The van der Waals surface area contributed by atoms with Gasteiger partial charge in [0.05, 0.1) is 0 Å². The summed E-state index contributed by atoms with van der Waals surface area (Å²) in [6.45, 7) is 4.21. The lowest BCUT2D eigenvalue weighted by atomic mass is 9.95. The van der Waals surface area contributed by atoms with E-state index >= 15 is 0 Å². The summed E-state index contributed by atoms with van der Waals surface area (Å²) in [4.78, 5) is 0. The van der Waals surface area contributed by atoms with Crippen LogP contribution in [0.5, 0.6) is 0 Å². The minimum absolute atomic E-state index is 0.354. The summed E-state index contributed by atoms with van der Waals surface area (Å²) in [5, 5.41) is 10.6. The molecule has 0 aliphatic carbocycles. The second-order valence-corrected chi connectivity index (χ2v) is 4.73. The topological polar surface area (TPSA) is 29.5 Å². The molecule has 2 aromatic rings. The van der Waals surface area contributed by atoms with Crippen molar-refractivity contribution in [1.82, 2.24) is 0 Å². The van der Waals surface area contributed by atoms with Crippen molar-refractivity contribution >= 4 is 0 Å². The van der Waals surface area contributed by atoms with Crippen LogP contribution in [0.25, 0.3) is 0 Å². The summed E-state index contributed by atoms with van der Waals surface area (Å²) >= 11 is 0. The number of aryl methyl sites for hydroxylation is 1. The van der Waals surface area contributed by atoms with Gasteiger partial charge in [-0.25, -0.2) is 4.39 Å². The Balaban J connectivity index is 2.36. The molecule has 0 radical (unpaired) electrons. The Kier molecular flexibility index (Phi) is 4.88. The van der Waals surface area contributed by atoms with Gasteiger partial charge in [0.1, 0.15) is 18.0 Å². The minimum Gasteiger partial charge on any atom is -0.385 e. The molecule has 20 heavy (non-hydrogen) atoms. The Labute approximate surface area is 118 Å². The normalized spacial score (nSPS) is 14.0. The van der Waals surface area contributed by atoms with Crippen molar-refractivity contribution in [3.8, 4) is 0 Å². The van der Waals surface area contributed by atoms with E-state index in [-0.39, 0.29) is 5.82 Å². The average Bonchev–Trinajstić information content (AvgIpc) is 2.47. The number of hydrogen-bond acceptors (Lipinski definition) is 2. The van der Waals surface area contributed by atoms with Gasteiger partial charge in [0.25, 0.3) is 0 Å². The Bertz CT molecular complexity index is 554. The molecule has 0 saturated heterocycles. The molecule has 2 unspecified atom stereocenters. The minimum atomic E-state index is -0.895. The van der Waals surface area contributed by atoms with Gasteiger partial charge in [0.2, 0.25) is 0 Å². The molecule has 106 valence electrons. The highest BCUT2D eigenvalue weighted by atomic mass is 19.1. The van der Waals surface area contributed by atoms with Gasteiger partial charge in [-0.15, -0.1) is 0 Å². The van der Waals surface area contributed by atoms with Crippen LogP contribution in [-0.2, 0) is 4.74 Å². The van der Waals surface area contributed by atoms with Crippen LogP contribution in [0.1, 0.15) is 35.8 Å². The largest absolute Gasteiger partial charge is 0.385 e.